The number of morpholine rings is 6. The number of aromatic nitrogens is 1. The number of aliphatic imine (C=N–C) groups is 1. The van der Waals surface area contributed by atoms with Gasteiger partial charge in [0.25, 0.3) is 5.91 Å². The number of aliphatic hydroxyl groups is 1. The van der Waals surface area contributed by atoms with Crippen molar-refractivity contribution in [1.29, 1.82) is 0 Å². The second-order valence-corrected chi connectivity index (χ2v) is 39.7. The van der Waals surface area contributed by atoms with E-state index >= 15 is 0 Å². The van der Waals surface area contributed by atoms with Crippen molar-refractivity contribution in [2.45, 2.75) is 254 Å². The van der Waals surface area contributed by atoms with Gasteiger partial charge in [-0.1, -0.05) is 17.7 Å². The molecule has 0 saturated carbocycles. The summed E-state index contributed by atoms with van der Waals surface area (Å²) in [6, 6.07) is 3.09. The number of methoxy groups -OCH3 is 1. The average molecular weight is 1980 g/mol. The van der Waals surface area contributed by atoms with E-state index in [1.807, 2.05) is 100 Å². The molecule has 772 valence electrons. The Balaban J connectivity index is 0.000000345. The second-order valence-electron chi connectivity index (χ2n) is 38.4. The number of rotatable bonds is 16. The Bertz CT molecular complexity index is 4430. The molecule has 0 spiro atoms. The molecular formula is C93H144ClFN10O31S. The molecule has 8 aliphatic heterocycles. The van der Waals surface area contributed by atoms with Gasteiger partial charge in [0.1, 0.15) is 51.6 Å². The van der Waals surface area contributed by atoms with Crippen LogP contribution >= 0.6 is 22.9 Å². The molecule has 1 aromatic heterocycles. The van der Waals surface area contributed by atoms with E-state index in [0.29, 0.717) is 126 Å². The van der Waals surface area contributed by atoms with Gasteiger partial charge in [0.15, 0.2) is 28.8 Å². The van der Waals surface area contributed by atoms with Gasteiger partial charge in [-0.2, -0.15) is 0 Å². The highest BCUT2D eigenvalue weighted by molar-refractivity contribution is 7.11. The molecule has 0 unspecified atom stereocenters. The molecule has 1 aromatic carbocycles. The van der Waals surface area contributed by atoms with Gasteiger partial charge in [0.05, 0.1) is 123 Å². The van der Waals surface area contributed by atoms with Gasteiger partial charge in [0, 0.05) is 112 Å². The number of thiazole rings is 1. The Hall–Kier alpha value is -10.1. The van der Waals surface area contributed by atoms with Crippen molar-refractivity contribution < 1.29 is 154 Å². The quantitative estimate of drug-likeness (QED) is 0.0451. The number of amides is 6. The van der Waals surface area contributed by atoms with Crippen LogP contribution in [0.5, 0.6) is 0 Å². The first-order chi connectivity index (χ1) is 63.6. The Morgan fingerprint density at radius 2 is 0.920 bits per heavy atom. The summed E-state index contributed by atoms with van der Waals surface area (Å²) in [5.41, 5.74) is 0.168. The number of nitrogens with one attached hydrogen (secondary N) is 1. The molecule has 10 rings (SSSR count). The highest BCUT2D eigenvalue weighted by atomic mass is 35.5. The van der Waals surface area contributed by atoms with Crippen molar-refractivity contribution >= 4 is 101 Å². The molecule has 0 aliphatic carbocycles. The van der Waals surface area contributed by atoms with Crippen LogP contribution in [0.15, 0.2) is 81.0 Å². The molecule has 5 N–H and O–H groups in total. The number of Topliss-reactive ketones (excluding diaryl/α,β-unsaturated/α-hetero) is 1. The minimum atomic E-state index is -1.06. The monoisotopic (exact) mass is 1980 g/mol. The highest BCUT2D eigenvalue weighted by Gasteiger charge is 2.40. The fraction of sp³-hybridized carbons (Fsp3) is 0.677. The van der Waals surface area contributed by atoms with Crippen molar-refractivity contribution in [1.82, 2.24) is 44.8 Å². The molecule has 44 heteroatoms. The molecule has 137 heavy (non-hydrogen) atoms. The average Bonchev–Trinajstić information content (AvgIpc) is 1.57. The van der Waals surface area contributed by atoms with Crippen molar-refractivity contribution in [3.8, 4) is 0 Å². The summed E-state index contributed by atoms with van der Waals surface area (Å²) >= 11 is 7.76. The van der Waals surface area contributed by atoms with E-state index in [0.717, 1.165) is 48.2 Å². The summed E-state index contributed by atoms with van der Waals surface area (Å²) < 4.78 is 88.1. The molecule has 7 fully saturated rings. The van der Waals surface area contributed by atoms with E-state index < -0.39 is 112 Å². The van der Waals surface area contributed by atoms with Crippen LogP contribution in [0.25, 0.3) is 0 Å². The summed E-state index contributed by atoms with van der Waals surface area (Å²) in [5, 5.41) is 42.1. The second kappa shape index (κ2) is 55.7. The van der Waals surface area contributed by atoms with Crippen LogP contribution in [0.1, 0.15) is 188 Å². The first-order valence-electron chi connectivity index (χ1n) is 44.9. The number of carbonyl (C=O) groups excluding carboxylic acids is 9. The molecule has 2 aromatic rings. The lowest BCUT2D eigenvalue weighted by Crippen LogP contribution is -2.52. The first kappa shape index (κ1) is 119. The number of halogens is 2. The zero-order chi connectivity index (χ0) is 103. The highest BCUT2D eigenvalue weighted by Crippen LogP contribution is 2.38. The normalized spacial score (nSPS) is 21.5. The zero-order valence-corrected chi connectivity index (χ0v) is 85.3. The largest absolute Gasteiger partial charge is 0.479 e. The van der Waals surface area contributed by atoms with Crippen LogP contribution in [0.2, 0.25) is 5.02 Å². The number of amidine groups is 1. The number of hydrogen-bond donors (Lipinski definition) is 5. The van der Waals surface area contributed by atoms with E-state index in [4.69, 9.17) is 108 Å². The predicted octanol–water partition coefficient (Wildman–Crippen LogP) is 10.9. The lowest BCUT2D eigenvalue weighted by Gasteiger charge is -2.35. The summed E-state index contributed by atoms with van der Waals surface area (Å²) in [6.07, 6.45) is 3.41. The number of carbonyl (C=O) groups is 12. The standard InChI is InChI=1S/C24H24ClFN4O5S.C17H29NO5.C12H22N2O5.C11H19NO4.C10H17NO5.C10H19NO4.C9H14O3/c1-13(9-19(31)32)18-12-30(6-7-35-18)11-17-20(24(33)34-2)21(15-4-3-14(26)10-16(15)25)29-22(28-17)23-27-5-8-36-23;1-12(10-14(19)22-16(2,3)4)13-11-18(8-9-21-13)15(20)23-17(5,6)7;1-12(2,3)19-11(16)14-6-7-18-9(8-14)10(15)13(4)17-5;1-8(13)9-7-12(5-6-15-9)10(14)16-11(2,3)4;1-10(2,3)16-9(14)11-4-5-15-7(6-11)8(12)13;1-10(2,3)15-9(13)11-4-5-14-8(6-11)7-12;1-7(6-9(10)11)8-4-2-3-5-12-8/h3-5,8-10,18,21H,6-7,11-12H2,1-2H3,(H,28,29)(H,31,32);10,13H,8-9,11H2,1-7H3;9H,6-8H2,1-5H3;9H,5-7H2,1-4H3;7H,4-6H2,1-3H3,(H,12,13);8,12H,4-7H2,1-3H3;6,8H,2-5H2,1H3,(H,10,11)/b13-9+;12-10+;;;;;7-6+/t18-,21-;13-;2*9-;7-;2*8-/m0000000/s1. The predicted molar refractivity (Wildman–Crippen MR) is 500 cm³/mol. The summed E-state index contributed by atoms with van der Waals surface area (Å²) in [7, 11) is 4.17. The number of ketones is 1. The van der Waals surface area contributed by atoms with E-state index in [2.05, 4.69) is 10.3 Å². The topological polar surface area (TPSA) is 484 Å². The Labute approximate surface area is 810 Å². The van der Waals surface area contributed by atoms with Crippen LogP contribution in [-0.4, -0.2) is 373 Å². The lowest BCUT2D eigenvalue weighted by atomic mass is 9.95. The van der Waals surface area contributed by atoms with E-state index in [9.17, 15) is 61.9 Å². The van der Waals surface area contributed by atoms with Crippen molar-refractivity contribution in [2.24, 2.45) is 4.99 Å². The van der Waals surface area contributed by atoms with Gasteiger partial charge in [-0.05, 0) is 200 Å². The molecule has 6 amide bonds. The number of likely N-dealkylation sites (N-methyl/N-ethyl adjacent to an activating group) is 1. The first-order valence-corrected chi connectivity index (χ1v) is 46.2. The smallest absolute Gasteiger partial charge is 0.410 e. The fourth-order valence-electron chi connectivity index (χ4n) is 13.1. The lowest BCUT2D eigenvalue weighted by molar-refractivity contribution is -0.184. The van der Waals surface area contributed by atoms with Gasteiger partial charge < -0.3 is 117 Å². The number of hydroxylamine groups is 2. The number of hydrogen-bond acceptors (Lipinski definition) is 33. The van der Waals surface area contributed by atoms with Gasteiger partial charge in [0.2, 0.25) is 0 Å². The minimum Gasteiger partial charge on any atom is -0.479 e. The number of aliphatic carboxylic acids is 3. The van der Waals surface area contributed by atoms with Gasteiger partial charge in [-0.15, -0.1) is 11.3 Å². The number of ether oxygens (including phenoxy) is 14. The maximum Gasteiger partial charge on any atom is 0.410 e. The van der Waals surface area contributed by atoms with Gasteiger partial charge in [-0.25, -0.2) is 62.4 Å². The SMILES string of the molecule is C/C(=C\C(=O)O)[C@@H]1CCCCO1.C/C(=C\C(=O)OC(C)(C)C)[C@@H]1CN(C(=O)OC(C)(C)C)CCO1.CC(=O)[C@@H]1CN(C(=O)OC(C)(C)C)CCO1.CC(C)(C)OC(=O)N1CCO[C@H](C(=O)O)C1.CC(C)(C)OC(=O)N1CCO[C@H](CO)C1.COC(=O)C1=C(CN2CCO[C@H](/C(C)=C/C(=O)O)C2)NC(c2nccs2)=N[C@H]1c1ccc(F)cc1Cl.CON(C)C(=O)[C@@H]1CN(C(=O)OC(C)(C)C)CCO1. The molecule has 9 heterocycles. The maximum absolute atomic E-state index is 13.8. The molecule has 8 aliphatic rings. The number of benzene rings is 1. The number of esters is 2. The van der Waals surface area contributed by atoms with Gasteiger partial charge in [-0.3, -0.25) is 24.3 Å². The number of aliphatic hydroxyl groups excluding tert-OH is 1. The molecule has 0 bridgehead atoms. The van der Waals surface area contributed by atoms with Crippen LogP contribution in [0, 0.1) is 5.82 Å². The molecule has 8 atom stereocenters. The van der Waals surface area contributed by atoms with E-state index in [1.54, 1.807) is 71.4 Å². The minimum absolute atomic E-state index is 0.0320. The third kappa shape index (κ3) is 45.6. The van der Waals surface area contributed by atoms with Crippen LogP contribution < -0.4 is 5.32 Å². The van der Waals surface area contributed by atoms with Crippen molar-refractivity contribution in [3.63, 3.8) is 0 Å². The summed E-state index contributed by atoms with van der Waals surface area (Å²) in [5.74, 6) is -4.44. The molecule has 0 radical (unpaired) electrons. The van der Waals surface area contributed by atoms with Crippen LogP contribution in [0.4, 0.5) is 28.4 Å². The van der Waals surface area contributed by atoms with Gasteiger partial charge >= 0.3 is 60.3 Å². The summed E-state index contributed by atoms with van der Waals surface area (Å²) in [6.45, 7) is 46.9. The Kier molecular flexibility index (Phi) is 48.4. The number of carboxylic acid groups (broad SMARTS) is 3. The Morgan fingerprint density at radius 1 is 0.518 bits per heavy atom. The van der Waals surface area contributed by atoms with Crippen LogP contribution in [0.3, 0.4) is 0 Å². The number of nitrogens with zero attached hydrogens (tertiary/aromatic N) is 9. The third-order valence-corrected chi connectivity index (χ3v) is 20.7. The van der Waals surface area contributed by atoms with Crippen LogP contribution in [-0.2, 0) is 105 Å². The molecule has 41 nitrogen and oxygen atoms in total. The van der Waals surface area contributed by atoms with E-state index in [-0.39, 0.29) is 91.7 Å². The molecular weight excluding hydrogens is 1840 g/mol. The maximum atomic E-state index is 13.8. The van der Waals surface area contributed by atoms with Crippen molar-refractivity contribution in [2.75, 3.05) is 159 Å². The Morgan fingerprint density at radius 3 is 1.33 bits per heavy atom. The fourth-order valence-corrected chi connectivity index (χ4v) is 14.0. The van der Waals surface area contributed by atoms with E-state index in [1.165, 1.54) is 84.6 Å². The molecule has 7 saturated heterocycles. The van der Waals surface area contributed by atoms with Crippen molar-refractivity contribution in [3.05, 3.63) is 97.4 Å². The summed E-state index contributed by atoms with van der Waals surface area (Å²) in [4.78, 5) is 163. The zero-order valence-electron chi connectivity index (χ0n) is 83.7. The number of carboxylic acids is 3. The third-order valence-electron chi connectivity index (χ3n) is 19.6.